The molecular formula is C13H21N3OS2. The standard InChI is InChI=1S/C13H21N3OS2/c1-2-18-10-5-3-4-9(6-10)15-13(17)11-8-19-12(7-14)16-11/h8-10H,2-7,14H2,1H3,(H,15,17). The largest absolute Gasteiger partial charge is 0.348 e. The Bertz CT molecular complexity index is 420. The van der Waals surface area contributed by atoms with Crippen molar-refractivity contribution >= 4 is 29.0 Å². The van der Waals surface area contributed by atoms with Gasteiger partial charge in [0.25, 0.3) is 5.91 Å². The normalized spacial score (nSPS) is 23.3. The number of nitrogens with one attached hydrogen (secondary N) is 1. The molecule has 1 aliphatic carbocycles. The van der Waals surface area contributed by atoms with Crippen LogP contribution < -0.4 is 11.1 Å². The van der Waals surface area contributed by atoms with Crippen LogP contribution in [-0.2, 0) is 6.54 Å². The monoisotopic (exact) mass is 299 g/mol. The van der Waals surface area contributed by atoms with Crippen LogP contribution >= 0.6 is 23.1 Å². The summed E-state index contributed by atoms with van der Waals surface area (Å²) in [5.74, 6) is 1.10. The van der Waals surface area contributed by atoms with Gasteiger partial charge in [0, 0.05) is 23.2 Å². The van der Waals surface area contributed by atoms with Gasteiger partial charge in [0.05, 0.1) is 0 Å². The highest BCUT2D eigenvalue weighted by atomic mass is 32.2. The number of rotatable bonds is 5. The second-order valence-electron chi connectivity index (χ2n) is 4.74. The summed E-state index contributed by atoms with van der Waals surface area (Å²) in [5, 5.41) is 6.41. The second-order valence-corrected chi connectivity index (χ2v) is 7.26. The molecule has 1 fully saturated rings. The average molecular weight is 299 g/mol. The number of aromatic nitrogens is 1. The molecule has 2 rings (SSSR count). The molecule has 2 unspecified atom stereocenters. The van der Waals surface area contributed by atoms with Gasteiger partial charge in [0.2, 0.25) is 0 Å². The number of carbonyl (C=O) groups excluding carboxylic acids is 1. The third kappa shape index (κ3) is 4.19. The van der Waals surface area contributed by atoms with E-state index >= 15 is 0 Å². The Morgan fingerprint density at radius 1 is 1.63 bits per heavy atom. The Labute approximate surface area is 122 Å². The van der Waals surface area contributed by atoms with Crippen molar-refractivity contribution < 1.29 is 4.79 Å². The number of thioether (sulfide) groups is 1. The average Bonchev–Trinajstić information content (AvgIpc) is 2.88. The summed E-state index contributed by atoms with van der Waals surface area (Å²) in [6, 6.07) is 0.299. The van der Waals surface area contributed by atoms with E-state index in [9.17, 15) is 4.79 Å². The van der Waals surface area contributed by atoms with Crippen molar-refractivity contribution in [2.24, 2.45) is 5.73 Å². The molecule has 2 atom stereocenters. The zero-order valence-electron chi connectivity index (χ0n) is 11.2. The van der Waals surface area contributed by atoms with E-state index in [1.54, 1.807) is 5.38 Å². The van der Waals surface area contributed by atoms with E-state index in [2.05, 4.69) is 17.2 Å². The van der Waals surface area contributed by atoms with Crippen molar-refractivity contribution in [3.8, 4) is 0 Å². The van der Waals surface area contributed by atoms with Gasteiger partial charge in [-0.25, -0.2) is 4.98 Å². The molecule has 0 saturated heterocycles. The molecular weight excluding hydrogens is 278 g/mol. The number of nitrogens with two attached hydrogens (primary N) is 1. The lowest BCUT2D eigenvalue weighted by atomic mass is 9.95. The summed E-state index contributed by atoms with van der Waals surface area (Å²) in [5.41, 5.74) is 6.02. The Balaban J connectivity index is 1.87. The Morgan fingerprint density at radius 3 is 3.16 bits per heavy atom. The Hall–Kier alpha value is -0.590. The van der Waals surface area contributed by atoms with Crippen molar-refractivity contribution in [2.45, 2.75) is 50.4 Å². The minimum absolute atomic E-state index is 0.0527. The van der Waals surface area contributed by atoms with Gasteiger partial charge in [-0.2, -0.15) is 11.8 Å². The minimum Gasteiger partial charge on any atom is -0.348 e. The Morgan fingerprint density at radius 2 is 2.47 bits per heavy atom. The summed E-state index contributed by atoms with van der Waals surface area (Å²) >= 11 is 3.45. The molecule has 1 heterocycles. The van der Waals surface area contributed by atoms with Crippen LogP contribution in [0, 0.1) is 0 Å². The third-order valence-electron chi connectivity index (χ3n) is 3.32. The van der Waals surface area contributed by atoms with Gasteiger partial charge in [-0.15, -0.1) is 11.3 Å². The number of thiazole rings is 1. The molecule has 0 aliphatic heterocycles. The number of hydrogen-bond donors (Lipinski definition) is 2. The van der Waals surface area contributed by atoms with E-state index in [4.69, 9.17) is 5.73 Å². The fourth-order valence-electron chi connectivity index (χ4n) is 2.43. The van der Waals surface area contributed by atoms with Crippen LogP contribution in [-0.4, -0.2) is 27.9 Å². The SMILES string of the molecule is CCSC1CCCC(NC(=O)c2csc(CN)n2)C1. The second kappa shape index (κ2) is 7.26. The van der Waals surface area contributed by atoms with Crippen LogP contribution in [0.15, 0.2) is 5.38 Å². The molecule has 19 heavy (non-hydrogen) atoms. The minimum atomic E-state index is -0.0527. The van der Waals surface area contributed by atoms with E-state index in [1.165, 1.54) is 24.2 Å². The molecule has 0 bridgehead atoms. The molecule has 0 aromatic carbocycles. The molecule has 1 aromatic heterocycles. The fourth-order valence-corrected chi connectivity index (χ4v) is 4.26. The van der Waals surface area contributed by atoms with E-state index < -0.39 is 0 Å². The number of carbonyl (C=O) groups is 1. The van der Waals surface area contributed by atoms with Gasteiger partial charge >= 0.3 is 0 Å². The van der Waals surface area contributed by atoms with Gasteiger partial charge in [-0.3, -0.25) is 4.79 Å². The predicted octanol–water partition coefficient (Wildman–Crippen LogP) is 2.40. The molecule has 1 amide bonds. The predicted molar refractivity (Wildman–Crippen MR) is 81.6 cm³/mol. The van der Waals surface area contributed by atoms with Crippen LogP contribution in [0.2, 0.25) is 0 Å². The maximum atomic E-state index is 12.1. The molecule has 1 saturated carbocycles. The van der Waals surface area contributed by atoms with E-state index in [-0.39, 0.29) is 5.91 Å². The lowest BCUT2D eigenvalue weighted by Gasteiger charge is -2.29. The van der Waals surface area contributed by atoms with Gasteiger partial charge < -0.3 is 11.1 Å². The van der Waals surface area contributed by atoms with Crippen LogP contribution in [0.5, 0.6) is 0 Å². The summed E-state index contributed by atoms with van der Waals surface area (Å²) in [4.78, 5) is 16.3. The van der Waals surface area contributed by atoms with Crippen LogP contribution in [0.1, 0.15) is 48.1 Å². The Kier molecular flexibility index (Phi) is 5.66. The van der Waals surface area contributed by atoms with Crippen molar-refractivity contribution in [1.82, 2.24) is 10.3 Å². The first-order valence-electron chi connectivity index (χ1n) is 6.79. The number of nitrogens with zero attached hydrogens (tertiary/aromatic N) is 1. The summed E-state index contributed by atoms with van der Waals surface area (Å²) in [6.07, 6.45) is 4.64. The molecule has 3 N–H and O–H groups in total. The highest BCUT2D eigenvalue weighted by molar-refractivity contribution is 7.99. The van der Waals surface area contributed by atoms with Gasteiger partial charge in [0.1, 0.15) is 10.7 Å². The van der Waals surface area contributed by atoms with Crippen LogP contribution in [0.25, 0.3) is 0 Å². The molecule has 0 spiro atoms. The highest BCUT2D eigenvalue weighted by Crippen LogP contribution is 2.28. The molecule has 4 nitrogen and oxygen atoms in total. The topological polar surface area (TPSA) is 68.0 Å². The van der Waals surface area contributed by atoms with Crippen LogP contribution in [0.4, 0.5) is 0 Å². The van der Waals surface area contributed by atoms with Crippen molar-refractivity contribution in [1.29, 1.82) is 0 Å². The molecule has 6 heteroatoms. The van der Waals surface area contributed by atoms with Crippen molar-refractivity contribution in [2.75, 3.05) is 5.75 Å². The first kappa shape index (κ1) is 14.8. The van der Waals surface area contributed by atoms with Crippen molar-refractivity contribution in [3.63, 3.8) is 0 Å². The quantitative estimate of drug-likeness (QED) is 0.876. The first-order valence-corrected chi connectivity index (χ1v) is 8.72. The zero-order chi connectivity index (χ0) is 13.7. The van der Waals surface area contributed by atoms with Crippen molar-refractivity contribution in [3.05, 3.63) is 16.1 Å². The van der Waals surface area contributed by atoms with Gasteiger partial charge in [-0.05, 0) is 25.0 Å². The summed E-state index contributed by atoms with van der Waals surface area (Å²) in [7, 11) is 0. The lowest BCUT2D eigenvalue weighted by Crippen LogP contribution is -2.39. The first-order chi connectivity index (χ1) is 9.22. The van der Waals surface area contributed by atoms with Crippen LogP contribution in [0.3, 0.4) is 0 Å². The van der Waals surface area contributed by atoms with E-state index in [0.29, 0.717) is 23.5 Å². The molecule has 1 aliphatic rings. The van der Waals surface area contributed by atoms with Gasteiger partial charge in [-0.1, -0.05) is 13.3 Å². The number of amides is 1. The maximum Gasteiger partial charge on any atom is 0.270 e. The smallest absolute Gasteiger partial charge is 0.270 e. The molecule has 106 valence electrons. The van der Waals surface area contributed by atoms with Gasteiger partial charge in [0.15, 0.2) is 0 Å². The number of hydrogen-bond acceptors (Lipinski definition) is 5. The fraction of sp³-hybridized carbons (Fsp3) is 0.692. The summed E-state index contributed by atoms with van der Waals surface area (Å²) < 4.78 is 0. The van der Waals surface area contributed by atoms with E-state index in [0.717, 1.165) is 23.6 Å². The zero-order valence-corrected chi connectivity index (χ0v) is 12.9. The lowest BCUT2D eigenvalue weighted by molar-refractivity contribution is 0.0924. The highest BCUT2D eigenvalue weighted by Gasteiger charge is 2.24. The third-order valence-corrected chi connectivity index (χ3v) is 5.43. The maximum absolute atomic E-state index is 12.1. The molecule has 1 aromatic rings. The molecule has 0 radical (unpaired) electrons. The summed E-state index contributed by atoms with van der Waals surface area (Å²) in [6.45, 7) is 2.59. The van der Waals surface area contributed by atoms with E-state index in [1.807, 2.05) is 11.8 Å².